The number of hydrogen-bond donors (Lipinski definition) is 1. The fourth-order valence-electron chi connectivity index (χ4n) is 2.21. The first kappa shape index (κ1) is 15.0. The Kier molecular flexibility index (Phi) is 5.05. The van der Waals surface area contributed by atoms with Crippen molar-refractivity contribution in [1.82, 2.24) is 4.98 Å². The molecule has 0 atom stereocenters. The van der Waals surface area contributed by atoms with Crippen molar-refractivity contribution < 1.29 is 0 Å². The predicted molar refractivity (Wildman–Crippen MR) is 96.8 cm³/mol. The maximum absolute atomic E-state index is 5.95. The summed E-state index contributed by atoms with van der Waals surface area (Å²) < 4.78 is 0. The molecule has 2 aromatic carbocycles. The Morgan fingerprint density at radius 3 is 1.91 bits per heavy atom. The minimum absolute atomic E-state index is 0.478. The molecular weight excluding hydrogens is 311 g/mol. The van der Waals surface area contributed by atoms with E-state index in [2.05, 4.69) is 58.8 Å². The van der Waals surface area contributed by atoms with Gasteiger partial charge in [-0.25, -0.2) is 4.98 Å². The third-order valence-electron chi connectivity index (χ3n) is 3.27. The molecule has 1 aromatic heterocycles. The zero-order valence-electron chi connectivity index (χ0n) is 12.0. The number of aromatic nitrogens is 1. The van der Waals surface area contributed by atoms with Crippen LogP contribution in [0.25, 0.3) is 0 Å². The van der Waals surface area contributed by atoms with Gasteiger partial charge in [0.05, 0.1) is 0 Å². The smallest absolute Gasteiger partial charge is 0.131 e. The Bertz CT molecular complexity index is 680. The summed E-state index contributed by atoms with van der Waals surface area (Å²) in [6.07, 6.45) is 0.830. The Hall–Kier alpha value is -1.89. The van der Waals surface area contributed by atoms with Crippen LogP contribution in [0.2, 0.25) is 5.15 Å². The van der Waals surface area contributed by atoms with Crippen molar-refractivity contribution in [1.29, 1.82) is 0 Å². The molecule has 0 spiro atoms. The molecule has 1 heterocycles. The average Bonchev–Trinajstić information content (AvgIpc) is 2.57. The molecule has 0 radical (unpaired) electrons. The van der Waals surface area contributed by atoms with Gasteiger partial charge in [0.2, 0.25) is 0 Å². The molecule has 0 amide bonds. The van der Waals surface area contributed by atoms with Crippen molar-refractivity contribution in [2.45, 2.75) is 0 Å². The number of hydrogen-bond acceptors (Lipinski definition) is 2. The normalized spacial score (nSPS) is 10.6. The summed E-state index contributed by atoms with van der Waals surface area (Å²) in [6, 6.07) is 26.8. The maximum atomic E-state index is 5.95. The van der Waals surface area contributed by atoms with Crippen LogP contribution in [0.4, 0.5) is 5.82 Å². The van der Waals surface area contributed by atoms with E-state index in [1.165, 1.54) is 10.6 Å². The second-order valence-electron chi connectivity index (χ2n) is 4.78. The largest absolute Gasteiger partial charge is 0.366 e. The number of halogens is 1. The standard InChI is InChI=1S/C18H16ClN2P/c19-17-12-7-13-18(21-17)20-14-22(15-8-3-1-4-9-15)16-10-5-2-6-11-16/h1-13H,14H2,(H,20,21). The molecule has 3 rings (SSSR count). The number of rotatable bonds is 5. The minimum atomic E-state index is -0.478. The highest BCUT2D eigenvalue weighted by molar-refractivity contribution is 7.73. The van der Waals surface area contributed by atoms with E-state index in [1.54, 1.807) is 6.07 Å². The Labute approximate surface area is 136 Å². The third-order valence-corrected chi connectivity index (χ3v) is 5.80. The van der Waals surface area contributed by atoms with Crippen molar-refractivity contribution in [3.05, 3.63) is 84.0 Å². The SMILES string of the molecule is Clc1cccc(NCP(c2ccccc2)c2ccccc2)n1. The zero-order valence-corrected chi connectivity index (χ0v) is 13.6. The Morgan fingerprint density at radius 2 is 1.36 bits per heavy atom. The van der Waals surface area contributed by atoms with Crippen LogP contribution in [0.3, 0.4) is 0 Å². The molecule has 0 aliphatic carbocycles. The quantitative estimate of drug-likeness (QED) is 0.560. The number of pyridine rings is 1. The summed E-state index contributed by atoms with van der Waals surface area (Å²) in [5.74, 6) is 0.812. The van der Waals surface area contributed by atoms with Gasteiger partial charge < -0.3 is 5.32 Å². The fourth-order valence-corrected chi connectivity index (χ4v) is 4.43. The lowest BCUT2D eigenvalue weighted by Crippen LogP contribution is -2.18. The molecule has 0 aliphatic heterocycles. The molecule has 0 saturated heterocycles. The van der Waals surface area contributed by atoms with Crippen LogP contribution in [0, 0.1) is 0 Å². The zero-order chi connectivity index (χ0) is 15.2. The molecule has 110 valence electrons. The van der Waals surface area contributed by atoms with E-state index in [9.17, 15) is 0 Å². The van der Waals surface area contributed by atoms with E-state index >= 15 is 0 Å². The molecule has 3 aromatic rings. The van der Waals surface area contributed by atoms with E-state index in [0.717, 1.165) is 12.1 Å². The van der Waals surface area contributed by atoms with Gasteiger partial charge in [-0.05, 0) is 30.7 Å². The van der Waals surface area contributed by atoms with Crippen LogP contribution in [0.1, 0.15) is 0 Å². The first-order chi connectivity index (χ1) is 10.8. The molecule has 0 fully saturated rings. The summed E-state index contributed by atoms with van der Waals surface area (Å²) >= 11 is 5.95. The van der Waals surface area contributed by atoms with Crippen molar-refractivity contribution in [3.8, 4) is 0 Å². The molecular formula is C18H16ClN2P. The Morgan fingerprint density at radius 1 is 0.773 bits per heavy atom. The molecule has 1 N–H and O–H groups in total. The fraction of sp³-hybridized carbons (Fsp3) is 0.0556. The van der Waals surface area contributed by atoms with Gasteiger partial charge in [-0.1, -0.05) is 78.3 Å². The Balaban J connectivity index is 1.83. The number of nitrogens with zero attached hydrogens (tertiary/aromatic N) is 1. The lowest BCUT2D eigenvalue weighted by atomic mass is 10.4. The predicted octanol–water partition coefficient (Wildman–Crippen LogP) is 4.24. The van der Waals surface area contributed by atoms with E-state index in [4.69, 9.17) is 11.6 Å². The van der Waals surface area contributed by atoms with Crippen LogP contribution < -0.4 is 15.9 Å². The second-order valence-corrected chi connectivity index (χ2v) is 7.37. The first-order valence-electron chi connectivity index (χ1n) is 7.07. The molecule has 2 nitrogen and oxygen atoms in total. The van der Waals surface area contributed by atoms with Gasteiger partial charge in [0.1, 0.15) is 11.0 Å². The topological polar surface area (TPSA) is 24.9 Å². The summed E-state index contributed by atoms with van der Waals surface area (Å²) in [4.78, 5) is 4.30. The highest BCUT2D eigenvalue weighted by Crippen LogP contribution is 2.33. The highest BCUT2D eigenvalue weighted by Gasteiger charge is 2.13. The van der Waals surface area contributed by atoms with E-state index in [-0.39, 0.29) is 0 Å². The number of anilines is 1. The van der Waals surface area contributed by atoms with Gasteiger partial charge in [0, 0.05) is 6.29 Å². The average molecular weight is 327 g/mol. The van der Waals surface area contributed by atoms with Crippen LogP contribution in [0.5, 0.6) is 0 Å². The lowest BCUT2D eigenvalue weighted by Gasteiger charge is -2.19. The van der Waals surface area contributed by atoms with E-state index in [1.807, 2.05) is 24.3 Å². The van der Waals surface area contributed by atoms with E-state index < -0.39 is 7.92 Å². The molecule has 4 heteroatoms. The molecule has 0 bridgehead atoms. The van der Waals surface area contributed by atoms with Crippen LogP contribution in [0.15, 0.2) is 78.9 Å². The van der Waals surface area contributed by atoms with Gasteiger partial charge in [-0.2, -0.15) is 0 Å². The molecule has 22 heavy (non-hydrogen) atoms. The summed E-state index contributed by atoms with van der Waals surface area (Å²) in [5.41, 5.74) is 0. The number of nitrogens with one attached hydrogen (secondary N) is 1. The summed E-state index contributed by atoms with van der Waals surface area (Å²) in [5, 5.41) is 6.62. The highest BCUT2D eigenvalue weighted by atomic mass is 35.5. The number of benzene rings is 2. The third kappa shape index (κ3) is 3.85. The van der Waals surface area contributed by atoms with Gasteiger partial charge in [0.15, 0.2) is 0 Å². The maximum Gasteiger partial charge on any atom is 0.131 e. The first-order valence-corrected chi connectivity index (χ1v) is 8.97. The van der Waals surface area contributed by atoms with Crippen molar-refractivity contribution >= 4 is 35.9 Å². The van der Waals surface area contributed by atoms with Crippen molar-refractivity contribution in [2.75, 3.05) is 11.6 Å². The molecule has 0 aliphatic rings. The van der Waals surface area contributed by atoms with Gasteiger partial charge in [0.25, 0.3) is 0 Å². The lowest BCUT2D eigenvalue weighted by molar-refractivity contribution is 1.27. The second kappa shape index (κ2) is 7.40. The van der Waals surface area contributed by atoms with Gasteiger partial charge in [-0.3, -0.25) is 0 Å². The minimum Gasteiger partial charge on any atom is -0.366 e. The van der Waals surface area contributed by atoms with Crippen LogP contribution >= 0.6 is 19.5 Å². The van der Waals surface area contributed by atoms with Crippen molar-refractivity contribution in [2.24, 2.45) is 0 Å². The van der Waals surface area contributed by atoms with Crippen LogP contribution in [-0.4, -0.2) is 11.3 Å². The van der Waals surface area contributed by atoms with Gasteiger partial charge >= 0.3 is 0 Å². The summed E-state index contributed by atoms with van der Waals surface area (Å²) in [6.45, 7) is 0. The van der Waals surface area contributed by atoms with Gasteiger partial charge in [-0.15, -0.1) is 0 Å². The molecule has 0 saturated carbocycles. The molecule has 0 unspecified atom stereocenters. The van der Waals surface area contributed by atoms with Crippen LogP contribution in [-0.2, 0) is 0 Å². The summed E-state index contributed by atoms with van der Waals surface area (Å²) in [7, 11) is -0.478. The monoisotopic (exact) mass is 326 g/mol. The van der Waals surface area contributed by atoms with Crippen molar-refractivity contribution in [3.63, 3.8) is 0 Å². The van der Waals surface area contributed by atoms with E-state index in [0.29, 0.717) is 5.15 Å².